The van der Waals surface area contributed by atoms with Crippen LogP contribution in [0, 0.1) is 5.41 Å². The van der Waals surface area contributed by atoms with Crippen LogP contribution in [0.15, 0.2) is 0 Å². The van der Waals surface area contributed by atoms with E-state index >= 15 is 0 Å². The molecule has 0 bridgehead atoms. The second-order valence-corrected chi connectivity index (χ2v) is 7.93. The van der Waals surface area contributed by atoms with Crippen LogP contribution in [0.25, 0.3) is 0 Å². The van der Waals surface area contributed by atoms with Crippen LogP contribution in [-0.2, 0) is 19.6 Å². The highest BCUT2D eigenvalue weighted by Crippen LogP contribution is 2.45. The lowest BCUT2D eigenvalue weighted by Gasteiger charge is -2.32. The molecular weight excluding hydrogens is 365 g/mol. The van der Waals surface area contributed by atoms with E-state index in [4.69, 9.17) is 4.55 Å². The van der Waals surface area contributed by atoms with E-state index in [-0.39, 0.29) is 6.42 Å². The monoisotopic (exact) mass is 383 g/mol. The van der Waals surface area contributed by atoms with Gasteiger partial charge in [-0.25, -0.2) is 0 Å². The Bertz CT molecular complexity index is 618. The first-order valence-corrected chi connectivity index (χ1v) is 8.25. The van der Waals surface area contributed by atoms with E-state index in [9.17, 15) is 35.2 Å². The van der Waals surface area contributed by atoms with E-state index in [1.807, 2.05) is 0 Å². The van der Waals surface area contributed by atoms with Gasteiger partial charge in [-0.15, -0.1) is 0 Å². The zero-order valence-corrected chi connectivity index (χ0v) is 14.1. The van der Waals surface area contributed by atoms with Crippen molar-refractivity contribution in [3.05, 3.63) is 0 Å². The molecule has 0 saturated carbocycles. The number of carbonyl (C=O) groups is 1. The number of nitrogens with one attached hydrogen (secondary N) is 1. The Labute approximate surface area is 135 Å². The van der Waals surface area contributed by atoms with Gasteiger partial charge in [0.15, 0.2) is 0 Å². The highest BCUT2D eigenvalue weighted by Gasteiger charge is 2.68. The summed E-state index contributed by atoms with van der Waals surface area (Å²) in [5, 5.41) is -2.91. The molecule has 1 saturated heterocycles. The Morgan fingerprint density at radius 2 is 1.71 bits per heavy atom. The summed E-state index contributed by atoms with van der Waals surface area (Å²) >= 11 is 0. The lowest BCUT2D eigenvalue weighted by atomic mass is 9.79. The van der Waals surface area contributed by atoms with Crippen molar-refractivity contribution in [2.75, 3.05) is 0 Å². The van der Waals surface area contributed by atoms with Gasteiger partial charge in [0, 0.05) is 11.6 Å². The molecule has 0 radical (unpaired) electrons. The number of ether oxygens (including phenoxy) is 1. The molecule has 2 N–H and O–H groups in total. The molecule has 3 unspecified atom stereocenters. The topological polar surface area (TPSA) is 103 Å². The van der Waals surface area contributed by atoms with Gasteiger partial charge in [0.25, 0.3) is 6.10 Å². The molecule has 0 aromatic rings. The van der Waals surface area contributed by atoms with Crippen LogP contribution in [0.5, 0.6) is 0 Å². The molecule has 12 heteroatoms. The Kier molecular flexibility index (Phi) is 5.05. The molecule has 0 amide bonds. The predicted octanol–water partition coefficient (Wildman–Crippen LogP) is 2.11. The summed E-state index contributed by atoms with van der Waals surface area (Å²) in [7, 11) is -6.46. The number of hydrogen-bond acceptors (Lipinski definition) is 5. The maximum absolute atomic E-state index is 13.5. The molecule has 0 aliphatic carbocycles. The van der Waals surface area contributed by atoms with Crippen molar-refractivity contribution < 1.29 is 44.5 Å². The van der Waals surface area contributed by atoms with Gasteiger partial charge in [-0.3, -0.25) is 9.35 Å². The van der Waals surface area contributed by atoms with Gasteiger partial charge in [-0.05, 0) is 27.2 Å². The van der Waals surface area contributed by atoms with Gasteiger partial charge >= 0.3 is 27.5 Å². The van der Waals surface area contributed by atoms with Crippen molar-refractivity contribution in [2.45, 2.75) is 63.2 Å². The molecule has 0 aromatic carbocycles. The number of alkyl halides is 5. The second kappa shape index (κ2) is 5.77. The van der Waals surface area contributed by atoms with E-state index in [1.54, 1.807) is 13.8 Å². The van der Waals surface area contributed by atoms with Gasteiger partial charge in [0.2, 0.25) is 0 Å². The van der Waals surface area contributed by atoms with Crippen LogP contribution in [0.4, 0.5) is 22.0 Å². The number of hydrogen-bond donors (Lipinski definition) is 2. The van der Waals surface area contributed by atoms with E-state index in [0.717, 1.165) is 0 Å². The average Bonchev–Trinajstić information content (AvgIpc) is 3.01. The van der Waals surface area contributed by atoms with Gasteiger partial charge in [0.05, 0.1) is 5.41 Å². The molecule has 1 aliphatic heterocycles. The second-order valence-electron chi connectivity index (χ2n) is 6.43. The molecule has 1 heterocycles. The van der Waals surface area contributed by atoms with Crippen molar-refractivity contribution in [1.82, 2.24) is 5.32 Å². The summed E-state index contributed by atoms with van der Waals surface area (Å²) in [6.07, 6.45) is -10.3. The smallest absolute Gasteiger partial charge is 0.432 e. The lowest BCUT2D eigenvalue weighted by molar-refractivity contribution is -0.262. The largest absolute Gasteiger partial charge is 0.444 e. The Morgan fingerprint density at radius 1 is 1.29 bits per heavy atom. The van der Waals surface area contributed by atoms with Crippen LogP contribution in [0.3, 0.4) is 0 Å². The summed E-state index contributed by atoms with van der Waals surface area (Å²) in [6, 6.07) is -0.643. The van der Waals surface area contributed by atoms with Crippen LogP contribution in [-0.4, -0.2) is 48.1 Å². The maximum atomic E-state index is 13.5. The first-order valence-electron chi connectivity index (χ1n) is 6.81. The highest BCUT2D eigenvalue weighted by atomic mass is 32.2. The SMILES string of the molecule is CCC(C)(C(=O)OC(C(F)(F)F)C(F)(F)S(=O)(=O)O)C1NC1(C)C. The average molecular weight is 383 g/mol. The maximum Gasteiger partial charge on any atom is 0.432 e. The molecule has 1 aliphatic rings. The van der Waals surface area contributed by atoms with Crippen molar-refractivity contribution in [2.24, 2.45) is 5.41 Å². The summed E-state index contributed by atoms with van der Waals surface area (Å²) in [5.74, 6) is -1.64. The minimum atomic E-state index is -6.46. The normalized spacial score (nSPS) is 24.8. The number of esters is 1. The van der Waals surface area contributed by atoms with Crippen LogP contribution in [0.2, 0.25) is 0 Å². The third kappa shape index (κ3) is 3.64. The third-order valence-corrected chi connectivity index (χ3v) is 5.07. The summed E-state index contributed by atoms with van der Waals surface area (Å²) in [5.41, 5.74) is -2.22. The number of carbonyl (C=O) groups excluding carboxylic acids is 1. The van der Waals surface area contributed by atoms with Crippen LogP contribution < -0.4 is 5.32 Å². The van der Waals surface area contributed by atoms with E-state index in [1.165, 1.54) is 13.8 Å². The minimum Gasteiger partial charge on any atom is -0.444 e. The molecule has 0 spiro atoms. The van der Waals surface area contributed by atoms with Crippen molar-refractivity contribution in [1.29, 1.82) is 0 Å². The fourth-order valence-corrected chi connectivity index (χ4v) is 2.91. The van der Waals surface area contributed by atoms with Gasteiger partial charge in [-0.1, -0.05) is 6.92 Å². The standard InChI is InChI=1S/C12H18F5NO5S/c1-5-10(4,6-9(2,3)18-6)8(19)23-7(11(13,14)15)12(16,17)24(20,21)22/h6-7,18H,5H2,1-4H3,(H,20,21,22). The van der Waals surface area contributed by atoms with Gasteiger partial charge < -0.3 is 10.1 Å². The zero-order chi connectivity index (χ0) is 19.4. The first kappa shape index (κ1) is 21.0. The van der Waals surface area contributed by atoms with Crippen molar-refractivity contribution in [3.8, 4) is 0 Å². The Balaban J connectivity index is 3.19. The van der Waals surface area contributed by atoms with Crippen LogP contribution >= 0.6 is 0 Å². The molecule has 142 valence electrons. The fourth-order valence-electron chi connectivity index (χ4n) is 2.46. The zero-order valence-electron chi connectivity index (χ0n) is 13.2. The summed E-state index contributed by atoms with van der Waals surface area (Å²) < 4.78 is 98.8. The molecule has 24 heavy (non-hydrogen) atoms. The molecule has 0 aromatic heterocycles. The Morgan fingerprint density at radius 3 is 1.96 bits per heavy atom. The predicted molar refractivity (Wildman–Crippen MR) is 71.8 cm³/mol. The molecule has 3 atom stereocenters. The molecule has 6 nitrogen and oxygen atoms in total. The third-order valence-electron chi connectivity index (χ3n) is 4.16. The van der Waals surface area contributed by atoms with Gasteiger partial charge in [-0.2, -0.15) is 30.4 Å². The molecule has 1 rings (SSSR count). The van der Waals surface area contributed by atoms with E-state index in [2.05, 4.69) is 10.1 Å². The first-order chi connectivity index (χ1) is 10.4. The van der Waals surface area contributed by atoms with Crippen molar-refractivity contribution >= 4 is 16.1 Å². The minimum absolute atomic E-state index is 0.0467. The molecule has 1 fully saturated rings. The van der Waals surface area contributed by atoms with Crippen LogP contribution in [0.1, 0.15) is 34.1 Å². The van der Waals surface area contributed by atoms with Gasteiger partial charge in [0.1, 0.15) is 0 Å². The van der Waals surface area contributed by atoms with E-state index < -0.39 is 50.6 Å². The fraction of sp³-hybridized carbons (Fsp3) is 0.917. The summed E-state index contributed by atoms with van der Waals surface area (Å²) in [6.45, 7) is 5.96. The molecular formula is C12H18F5NO5S. The number of halogens is 5. The quantitative estimate of drug-likeness (QED) is 0.315. The highest BCUT2D eigenvalue weighted by molar-refractivity contribution is 7.86. The number of rotatable bonds is 6. The Hall–Kier alpha value is -1.01. The lowest BCUT2D eigenvalue weighted by Crippen LogP contribution is -2.54. The van der Waals surface area contributed by atoms with Crippen molar-refractivity contribution in [3.63, 3.8) is 0 Å². The summed E-state index contributed by atoms with van der Waals surface area (Å²) in [4.78, 5) is 12.1. The van der Waals surface area contributed by atoms with E-state index in [0.29, 0.717) is 0 Å².